The Morgan fingerprint density at radius 1 is 0.962 bits per heavy atom. The standard InChI is InChI=1S/C23H29NO2/c1-15-9-10-20(13-16(15)2)17(3)24-23(25)18(4)26-22-12-11-19-7-5-6-8-21(19)14-22/h9-14,17-18H,5-8H2,1-4H3,(H,24,25)/t17-,18+/m0/s1. The number of rotatable bonds is 5. The Hall–Kier alpha value is -2.29. The third-order valence-corrected chi connectivity index (χ3v) is 5.39. The van der Waals surface area contributed by atoms with Crippen molar-refractivity contribution in [2.45, 2.75) is 65.5 Å². The van der Waals surface area contributed by atoms with Crippen LogP contribution < -0.4 is 10.1 Å². The summed E-state index contributed by atoms with van der Waals surface area (Å²) in [6.45, 7) is 8.00. The minimum Gasteiger partial charge on any atom is -0.481 e. The van der Waals surface area contributed by atoms with Crippen molar-refractivity contribution in [3.63, 3.8) is 0 Å². The van der Waals surface area contributed by atoms with E-state index in [0.717, 1.165) is 24.2 Å². The van der Waals surface area contributed by atoms with Gasteiger partial charge in [-0.15, -0.1) is 0 Å². The van der Waals surface area contributed by atoms with E-state index in [1.807, 2.05) is 19.9 Å². The van der Waals surface area contributed by atoms with Gasteiger partial charge in [0.2, 0.25) is 0 Å². The third kappa shape index (κ3) is 4.27. The smallest absolute Gasteiger partial charge is 0.261 e. The van der Waals surface area contributed by atoms with Crippen LogP contribution in [0.15, 0.2) is 36.4 Å². The topological polar surface area (TPSA) is 38.3 Å². The number of aryl methyl sites for hydroxylation is 4. The molecule has 2 aromatic carbocycles. The van der Waals surface area contributed by atoms with Crippen LogP contribution in [0.1, 0.15) is 60.5 Å². The molecule has 0 saturated carbocycles. The van der Waals surface area contributed by atoms with Gasteiger partial charge in [-0.1, -0.05) is 24.3 Å². The maximum absolute atomic E-state index is 12.5. The minimum atomic E-state index is -0.523. The highest BCUT2D eigenvalue weighted by molar-refractivity contribution is 5.81. The summed E-state index contributed by atoms with van der Waals surface area (Å²) < 4.78 is 5.91. The van der Waals surface area contributed by atoms with E-state index in [4.69, 9.17) is 4.74 Å². The third-order valence-electron chi connectivity index (χ3n) is 5.39. The summed E-state index contributed by atoms with van der Waals surface area (Å²) in [5.41, 5.74) is 6.40. The molecule has 0 aromatic heterocycles. The van der Waals surface area contributed by atoms with E-state index in [-0.39, 0.29) is 11.9 Å². The largest absolute Gasteiger partial charge is 0.481 e. The van der Waals surface area contributed by atoms with E-state index >= 15 is 0 Å². The molecule has 0 saturated heterocycles. The average molecular weight is 351 g/mol. The summed E-state index contributed by atoms with van der Waals surface area (Å²) in [6.07, 6.45) is 4.24. The van der Waals surface area contributed by atoms with Gasteiger partial charge in [0.05, 0.1) is 6.04 Å². The van der Waals surface area contributed by atoms with Gasteiger partial charge in [-0.3, -0.25) is 4.79 Å². The fourth-order valence-electron chi connectivity index (χ4n) is 3.49. The molecule has 2 atom stereocenters. The first kappa shape index (κ1) is 18.5. The van der Waals surface area contributed by atoms with Crippen molar-refractivity contribution in [2.75, 3.05) is 0 Å². The second kappa shape index (κ2) is 7.94. The number of carbonyl (C=O) groups excluding carboxylic acids is 1. The summed E-state index contributed by atoms with van der Waals surface area (Å²) in [6, 6.07) is 12.5. The first-order valence-electron chi connectivity index (χ1n) is 9.60. The van der Waals surface area contributed by atoms with Gasteiger partial charge in [0, 0.05) is 0 Å². The second-order valence-corrected chi connectivity index (χ2v) is 7.47. The van der Waals surface area contributed by atoms with Crippen LogP contribution in [0.3, 0.4) is 0 Å². The molecule has 0 unspecified atom stereocenters. The Kier molecular flexibility index (Phi) is 5.65. The van der Waals surface area contributed by atoms with Gasteiger partial charge in [-0.2, -0.15) is 0 Å². The Morgan fingerprint density at radius 3 is 2.42 bits per heavy atom. The Balaban J connectivity index is 1.61. The Labute approximate surface area is 156 Å². The normalized spacial score (nSPS) is 15.7. The van der Waals surface area contributed by atoms with Crippen LogP contribution >= 0.6 is 0 Å². The van der Waals surface area contributed by atoms with Crippen molar-refractivity contribution in [2.24, 2.45) is 0 Å². The predicted molar refractivity (Wildman–Crippen MR) is 106 cm³/mol. The first-order valence-corrected chi connectivity index (χ1v) is 9.60. The zero-order chi connectivity index (χ0) is 18.7. The average Bonchev–Trinajstić information content (AvgIpc) is 2.63. The van der Waals surface area contributed by atoms with E-state index in [1.165, 1.54) is 35.1 Å². The van der Waals surface area contributed by atoms with E-state index < -0.39 is 6.10 Å². The molecule has 138 valence electrons. The first-order chi connectivity index (χ1) is 12.4. The monoisotopic (exact) mass is 351 g/mol. The molecule has 1 aliphatic rings. The molecular formula is C23H29NO2. The zero-order valence-electron chi connectivity index (χ0n) is 16.3. The number of hydrogen-bond donors (Lipinski definition) is 1. The molecule has 3 heteroatoms. The maximum Gasteiger partial charge on any atom is 0.261 e. The molecule has 0 fully saturated rings. The molecule has 0 spiro atoms. The van der Waals surface area contributed by atoms with Crippen LogP contribution in [-0.2, 0) is 17.6 Å². The molecule has 1 amide bonds. The second-order valence-electron chi connectivity index (χ2n) is 7.47. The van der Waals surface area contributed by atoms with Crippen molar-refractivity contribution in [1.29, 1.82) is 0 Å². The van der Waals surface area contributed by atoms with Crippen LogP contribution in [0.2, 0.25) is 0 Å². The fourth-order valence-corrected chi connectivity index (χ4v) is 3.49. The number of benzene rings is 2. The molecule has 26 heavy (non-hydrogen) atoms. The van der Waals surface area contributed by atoms with Crippen LogP contribution in [0.4, 0.5) is 0 Å². The minimum absolute atomic E-state index is 0.0450. The van der Waals surface area contributed by atoms with Gasteiger partial charge in [-0.05, 0) is 93.3 Å². The van der Waals surface area contributed by atoms with E-state index in [0.29, 0.717) is 0 Å². The lowest BCUT2D eigenvalue weighted by Crippen LogP contribution is -2.37. The highest BCUT2D eigenvalue weighted by Crippen LogP contribution is 2.26. The lowest BCUT2D eigenvalue weighted by atomic mass is 9.92. The molecule has 0 radical (unpaired) electrons. The quantitative estimate of drug-likeness (QED) is 0.838. The molecule has 3 nitrogen and oxygen atoms in total. The van der Waals surface area contributed by atoms with Crippen LogP contribution in [0.25, 0.3) is 0 Å². The number of fused-ring (bicyclic) bond motifs is 1. The molecule has 2 aromatic rings. The van der Waals surface area contributed by atoms with Crippen molar-refractivity contribution >= 4 is 5.91 Å². The van der Waals surface area contributed by atoms with Gasteiger partial charge < -0.3 is 10.1 Å². The van der Waals surface area contributed by atoms with Crippen LogP contribution in [0, 0.1) is 13.8 Å². The van der Waals surface area contributed by atoms with Crippen LogP contribution in [0.5, 0.6) is 5.75 Å². The van der Waals surface area contributed by atoms with E-state index in [9.17, 15) is 4.79 Å². The number of carbonyl (C=O) groups is 1. The zero-order valence-corrected chi connectivity index (χ0v) is 16.3. The molecule has 3 rings (SSSR count). The number of amides is 1. The molecular weight excluding hydrogens is 322 g/mol. The molecule has 1 aliphatic carbocycles. The molecule has 1 N–H and O–H groups in total. The summed E-state index contributed by atoms with van der Waals surface area (Å²) in [4.78, 5) is 12.5. The van der Waals surface area contributed by atoms with E-state index in [1.54, 1.807) is 0 Å². The number of nitrogens with one attached hydrogen (secondary N) is 1. The van der Waals surface area contributed by atoms with Gasteiger partial charge in [0.15, 0.2) is 6.10 Å². The summed E-state index contributed by atoms with van der Waals surface area (Å²) in [5, 5.41) is 3.06. The van der Waals surface area contributed by atoms with Crippen molar-refractivity contribution in [1.82, 2.24) is 5.32 Å². The van der Waals surface area contributed by atoms with Gasteiger partial charge in [0.1, 0.15) is 5.75 Å². The maximum atomic E-state index is 12.5. The molecule has 0 heterocycles. The summed E-state index contributed by atoms with van der Waals surface area (Å²) in [5.74, 6) is 0.695. The SMILES string of the molecule is Cc1ccc([C@H](C)NC(=O)[C@@H](C)Oc2ccc3c(c2)CCCC3)cc1C. The fraction of sp³-hybridized carbons (Fsp3) is 0.435. The van der Waals surface area contributed by atoms with Crippen molar-refractivity contribution in [3.8, 4) is 5.75 Å². The lowest BCUT2D eigenvalue weighted by molar-refractivity contribution is -0.127. The van der Waals surface area contributed by atoms with Crippen molar-refractivity contribution in [3.05, 3.63) is 64.2 Å². The Morgan fingerprint density at radius 2 is 1.69 bits per heavy atom. The van der Waals surface area contributed by atoms with Crippen molar-refractivity contribution < 1.29 is 9.53 Å². The van der Waals surface area contributed by atoms with Gasteiger partial charge in [-0.25, -0.2) is 0 Å². The number of hydrogen-bond acceptors (Lipinski definition) is 2. The molecule has 0 bridgehead atoms. The van der Waals surface area contributed by atoms with E-state index in [2.05, 4.69) is 49.5 Å². The highest BCUT2D eigenvalue weighted by Gasteiger charge is 2.19. The Bertz CT molecular complexity index is 797. The predicted octanol–water partition coefficient (Wildman–Crippen LogP) is 4.83. The van der Waals surface area contributed by atoms with Gasteiger partial charge >= 0.3 is 0 Å². The summed E-state index contributed by atoms with van der Waals surface area (Å²) in [7, 11) is 0. The lowest BCUT2D eigenvalue weighted by Gasteiger charge is -2.21. The highest BCUT2D eigenvalue weighted by atomic mass is 16.5. The summed E-state index contributed by atoms with van der Waals surface area (Å²) >= 11 is 0. The molecule has 0 aliphatic heterocycles. The van der Waals surface area contributed by atoms with Crippen LogP contribution in [-0.4, -0.2) is 12.0 Å². The number of ether oxygens (including phenoxy) is 1. The van der Waals surface area contributed by atoms with Gasteiger partial charge in [0.25, 0.3) is 5.91 Å².